The Balaban J connectivity index is 1.58. The summed E-state index contributed by atoms with van der Waals surface area (Å²) < 4.78 is 8.50. The van der Waals surface area contributed by atoms with Crippen molar-refractivity contribution in [2.45, 2.75) is 70.5 Å². The van der Waals surface area contributed by atoms with Crippen molar-refractivity contribution in [2.24, 2.45) is 17.8 Å². The summed E-state index contributed by atoms with van der Waals surface area (Å²) in [5, 5.41) is 18.7. The van der Waals surface area contributed by atoms with Gasteiger partial charge in [0.25, 0.3) is 0 Å². The second-order valence-electron chi connectivity index (χ2n) is 12.1. The van der Waals surface area contributed by atoms with E-state index < -0.39 is 35.1 Å². The Morgan fingerprint density at radius 1 is 1.21 bits per heavy atom. The van der Waals surface area contributed by atoms with Gasteiger partial charge in [-0.15, -0.1) is 18.3 Å². The standard InChI is InChI=1S/C31H42N6O5/c1-7-14-34(15-8-2)27(39)24-25-28(40)37(21(5)18-38)26(31(25)17-20(4)30(24,6)42-31)29(41)35(16-9-3)19-36-23-13-11-10-12-22(23)32-33-36/h7,9-13,20-21,24-26,38H,1,3,8,14-19H2,2,4-6H3/t20?,21-,24+,25+,26?,30-,31?/m1/s1. The number of amides is 3. The van der Waals surface area contributed by atoms with E-state index in [0.29, 0.717) is 25.0 Å². The summed E-state index contributed by atoms with van der Waals surface area (Å²) in [6, 6.07) is 5.78. The molecule has 3 aliphatic heterocycles. The molecule has 5 rings (SSSR count). The molecule has 3 unspecified atom stereocenters. The van der Waals surface area contributed by atoms with Crippen molar-refractivity contribution in [3.8, 4) is 0 Å². The molecule has 0 saturated carbocycles. The number of likely N-dealkylation sites (tertiary alicyclic amines) is 1. The van der Waals surface area contributed by atoms with Gasteiger partial charge in [-0.25, -0.2) is 4.68 Å². The highest BCUT2D eigenvalue weighted by atomic mass is 16.5. The van der Waals surface area contributed by atoms with Gasteiger partial charge in [0.15, 0.2) is 0 Å². The number of carbonyl (C=O) groups is 3. The van der Waals surface area contributed by atoms with Crippen LogP contribution < -0.4 is 0 Å². The van der Waals surface area contributed by atoms with Gasteiger partial charge in [-0.05, 0) is 44.7 Å². The van der Waals surface area contributed by atoms with Crippen molar-refractivity contribution in [1.29, 1.82) is 0 Å². The normalized spacial score (nSPS) is 30.4. The lowest BCUT2D eigenvalue weighted by Gasteiger charge is -2.39. The number of aromatic nitrogens is 3. The van der Waals surface area contributed by atoms with Crippen LogP contribution in [0.3, 0.4) is 0 Å². The fourth-order valence-electron chi connectivity index (χ4n) is 7.54. The fraction of sp³-hybridized carbons (Fsp3) is 0.581. The monoisotopic (exact) mass is 578 g/mol. The minimum atomic E-state index is -1.22. The third-order valence-electron chi connectivity index (χ3n) is 9.53. The SMILES string of the molecule is C=CCN(Cn1nnc2ccccc21)C(=O)C1N([C@H](C)CO)C(=O)[C@@H]2[C@@H](C(=O)N(CC=C)CCC)[C@]3(C)OC12CC3C. The summed E-state index contributed by atoms with van der Waals surface area (Å²) in [6.07, 6.45) is 4.51. The second kappa shape index (κ2) is 11.3. The first-order chi connectivity index (χ1) is 20.1. The van der Waals surface area contributed by atoms with Crippen LogP contribution >= 0.6 is 0 Å². The van der Waals surface area contributed by atoms with E-state index in [0.717, 1.165) is 11.9 Å². The Labute approximate surface area is 246 Å². The van der Waals surface area contributed by atoms with Crippen LogP contribution in [0, 0.1) is 17.8 Å². The minimum Gasteiger partial charge on any atom is -0.394 e. The Hall–Kier alpha value is -3.57. The highest BCUT2D eigenvalue weighted by Gasteiger charge is 2.80. The Morgan fingerprint density at radius 3 is 2.57 bits per heavy atom. The smallest absolute Gasteiger partial charge is 0.250 e. The van der Waals surface area contributed by atoms with Gasteiger partial charge in [-0.3, -0.25) is 14.4 Å². The van der Waals surface area contributed by atoms with Crippen LogP contribution in [0.4, 0.5) is 0 Å². The molecule has 42 heavy (non-hydrogen) atoms. The highest BCUT2D eigenvalue weighted by Crippen LogP contribution is 2.65. The van der Waals surface area contributed by atoms with Gasteiger partial charge >= 0.3 is 0 Å². The van der Waals surface area contributed by atoms with Gasteiger partial charge in [0.05, 0.1) is 35.6 Å². The number of para-hydroxylation sites is 1. The molecule has 226 valence electrons. The van der Waals surface area contributed by atoms with Crippen LogP contribution in [-0.4, -0.2) is 102 Å². The lowest BCUT2D eigenvalue weighted by atomic mass is 9.62. The van der Waals surface area contributed by atoms with E-state index in [1.54, 1.807) is 33.6 Å². The Kier molecular flexibility index (Phi) is 8.02. The zero-order valence-electron chi connectivity index (χ0n) is 25.0. The Morgan fingerprint density at radius 2 is 1.90 bits per heavy atom. The van der Waals surface area contributed by atoms with Crippen LogP contribution in [0.1, 0.15) is 40.5 Å². The molecule has 2 bridgehead atoms. The maximum absolute atomic E-state index is 14.7. The van der Waals surface area contributed by atoms with Crippen molar-refractivity contribution in [1.82, 2.24) is 29.7 Å². The molecule has 4 heterocycles. The number of aliphatic hydroxyl groups excluding tert-OH is 1. The number of hydrogen-bond acceptors (Lipinski definition) is 7. The first-order valence-corrected chi connectivity index (χ1v) is 14.8. The summed E-state index contributed by atoms with van der Waals surface area (Å²) in [5.74, 6) is -2.53. The van der Waals surface area contributed by atoms with Crippen molar-refractivity contribution >= 4 is 28.8 Å². The summed E-state index contributed by atoms with van der Waals surface area (Å²) in [6.45, 7) is 16.2. The molecule has 1 aromatic heterocycles. The zero-order valence-corrected chi connectivity index (χ0v) is 25.0. The number of fused-ring (bicyclic) bond motifs is 2. The first-order valence-electron chi connectivity index (χ1n) is 14.8. The van der Waals surface area contributed by atoms with E-state index in [1.807, 2.05) is 45.0 Å². The molecule has 0 radical (unpaired) electrons. The van der Waals surface area contributed by atoms with Crippen molar-refractivity contribution in [3.63, 3.8) is 0 Å². The highest BCUT2D eigenvalue weighted by molar-refractivity contribution is 5.99. The van der Waals surface area contributed by atoms with Crippen molar-refractivity contribution < 1.29 is 24.2 Å². The number of hydrogen-bond donors (Lipinski definition) is 1. The van der Waals surface area contributed by atoms with Crippen LogP contribution in [0.15, 0.2) is 49.6 Å². The molecule has 0 aliphatic carbocycles. The number of benzene rings is 1. The van der Waals surface area contributed by atoms with E-state index in [-0.39, 0.29) is 43.5 Å². The molecule has 7 atom stereocenters. The minimum absolute atomic E-state index is 0.0803. The molecule has 3 saturated heterocycles. The van der Waals surface area contributed by atoms with Gasteiger partial charge in [0.1, 0.15) is 23.8 Å². The van der Waals surface area contributed by atoms with Gasteiger partial charge < -0.3 is 24.5 Å². The average molecular weight is 579 g/mol. The molecule has 11 nitrogen and oxygen atoms in total. The molecule has 3 fully saturated rings. The molecule has 3 amide bonds. The fourth-order valence-corrected chi connectivity index (χ4v) is 7.54. The topological polar surface area (TPSA) is 121 Å². The number of aliphatic hydroxyl groups is 1. The molecule has 3 aliphatic rings. The number of rotatable bonds is 12. The van der Waals surface area contributed by atoms with Gasteiger partial charge in [-0.1, -0.05) is 43.3 Å². The largest absolute Gasteiger partial charge is 0.394 e. The third kappa shape index (κ3) is 4.36. The number of carbonyl (C=O) groups excluding carboxylic acids is 3. The molecule has 11 heteroatoms. The molecule has 1 spiro atoms. The lowest BCUT2D eigenvalue weighted by Crippen LogP contribution is -2.58. The maximum Gasteiger partial charge on any atom is 0.250 e. The van der Waals surface area contributed by atoms with Gasteiger partial charge in [0, 0.05) is 19.6 Å². The Bertz CT molecular complexity index is 1390. The van der Waals surface area contributed by atoms with Gasteiger partial charge in [-0.2, -0.15) is 0 Å². The number of ether oxygens (including phenoxy) is 1. The van der Waals surface area contributed by atoms with Crippen molar-refractivity contribution in [3.05, 3.63) is 49.6 Å². The summed E-state index contributed by atoms with van der Waals surface area (Å²) in [4.78, 5) is 48.0. The summed E-state index contributed by atoms with van der Waals surface area (Å²) in [5.41, 5.74) is -0.683. The molecule has 2 aromatic rings. The van der Waals surface area contributed by atoms with E-state index in [1.165, 1.54) is 4.90 Å². The van der Waals surface area contributed by atoms with Crippen LogP contribution in [-0.2, 0) is 25.8 Å². The second-order valence-corrected chi connectivity index (χ2v) is 12.1. The first kappa shape index (κ1) is 29.9. The quantitative estimate of drug-likeness (QED) is 0.384. The summed E-state index contributed by atoms with van der Waals surface area (Å²) in [7, 11) is 0. The van der Waals surface area contributed by atoms with Gasteiger partial charge in [0.2, 0.25) is 17.7 Å². The predicted molar refractivity (Wildman–Crippen MR) is 157 cm³/mol. The zero-order chi connectivity index (χ0) is 30.4. The van der Waals surface area contributed by atoms with E-state index in [2.05, 4.69) is 23.5 Å². The van der Waals surface area contributed by atoms with Crippen LogP contribution in [0.25, 0.3) is 11.0 Å². The van der Waals surface area contributed by atoms with Crippen LogP contribution in [0.2, 0.25) is 0 Å². The van der Waals surface area contributed by atoms with E-state index in [9.17, 15) is 19.5 Å². The third-order valence-corrected chi connectivity index (χ3v) is 9.53. The summed E-state index contributed by atoms with van der Waals surface area (Å²) >= 11 is 0. The number of nitrogens with zero attached hydrogens (tertiary/aromatic N) is 6. The maximum atomic E-state index is 14.7. The van der Waals surface area contributed by atoms with Crippen molar-refractivity contribution in [2.75, 3.05) is 26.2 Å². The van der Waals surface area contributed by atoms with Crippen LogP contribution in [0.5, 0.6) is 0 Å². The molecular weight excluding hydrogens is 536 g/mol. The van der Waals surface area contributed by atoms with E-state index in [4.69, 9.17) is 4.74 Å². The van der Waals surface area contributed by atoms with E-state index >= 15 is 0 Å². The average Bonchev–Trinajstić information content (AvgIpc) is 3.65. The molecule has 1 N–H and O–H groups in total. The predicted octanol–water partition coefficient (Wildman–Crippen LogP) is 2.22. The molecule has 1 aromatic carbocycles. The molecular formula is C31H42N6O5. The lowest BCUT2D eigenvalue weighted by molar-refractivity contribution is -0.158.